The summed E-state index contributed by atoms with van der Waals surface area (Å²) < 4.78 is 5.66. The molecule has 10 nitrogen and oxygen atoms in total. The Kier molecular flexibility index (Phi) is 7.15. The molecule has 4 heterocycles. The largest absolute Gasteiger partial charge is 0.495 e. The minimum absolute atomic E-state index is 0.106. The molecule has 3 aliphatic rings. The van der Waals surface area contributed by atoms with Gasteiger partial charge >= 0.3 is 0 Å². The summed E-state index contributed by atoms with van der Waals surface area (Å²) in [4.78, 5) is 31.5. The van der Waals surface area contributed by atoms with Crippen molar-refractivity contribution in [2.24, 2.45) is 0 Å². The van der Waals surface area contributed by atoms with Gasteiger partial charge in [0.25, 0.3) is 0 Å². The van der Waals surface area contributed by atoms with Gasteiger partial charge in [-0.1, -0.05) is 6.92 Å². The average molecular weight is 495 g/mol. The molecule has 0 aliphatic carbocycles. The summed E-state index contributed by atoms with van der Waals surface area (Å²) in [6.45, 7) is 8.03. The van der Waals surface area contributed by atoms with Crippen LogP contribution in [-0.4, -0.2) is 93.3 Å². The van der Waals surface area contributed by atoms with E-state index in [9.17, 15) is 4.79 Å². The molecule has 2 aromatic rings. The first-order valence-corrected chi connectivity index (χ1v) is 13.0. The maximum atomic E-state index is 13.2. The summed E-state index contributed by atoms with van der Waals surface area (Å²) in [5.41, 5.74) is 2.73. The first-order valence-electron chi connectivity index (χ1n) is 13.0. The van der Waals surface area contributed by atoms with Crippen molar-refractivity contribution in [1.29, 1.82) is 0 Å². The molecule has 194 valence electrons. The van der Waals surface area contributed by atoms with Crippen molar-refractivity contribution in [3.8, 4) is 5.75 Å². The van der Waals surface area contributed by atoms with Crippen molar-refractivity contribution in [3.05, 3.63) is 24.4 Å². The third kappa shape index (κ3) is 4.67. The number of anilines is 5. The van der Waals surface area contributed by atoms with Crippen LogP contribution >= 0.6 is 0 Å². The zero-order valence-electron chi connectivity index (χ0n) is 21.8. The van der Waals surface area contributed by atoms with Gasteiger partial charge in [0.15, 0.2) is 5.82 Å². The molecule has 2 saturated heterocycles. The topological polar surface area (TPSA) is 89.1 Å². The Balaban J connectivity index is 1.47. The molecule has 5 rings (SSSR count). The lowest BCUT2D eigenvalue weighted by molar-refractivity contribution is -0.120. The van der Waals surface area contributed by atoms with Gasteiger partial charge in [0.2, 0.25) is 11.9 Å². The highest BCUT2D eigenvalue weighted by Gasteiger charge is 2.40. The zero-order chi connectivity index (χ0) is 25.2. The van der Waals surface area contributed by atoms with Gasteiger partial charge in [0.05, 0.1) is 19.0 Å². The molecule has 0 radical (unpaired) electrons. The molecule has 1 atom stereocenters. The molecule has 0 unspecified atom stereocenters. The number of methoxy groups -OCH3 is 1. The lowest BCUT2D eigenvalue weighted by Gasteiger charge is -2.45. The summed E-state index contributed by atoms with van der Waals surface area (Å²) in [5.74, 6) is 2.17. The Hall–Kier alpha value is -3.11. The fourth-order valence-corrected chi connectivity index (χ4v) is 5.52. The second-order valence-electron chi connectivity index (χ2n) is 9.91. The highest BCUT2D eigenvalue weighted by molar-refractivity contribution is 6.04. The van der Waals surface area contributed by atoms with E-state index in [1.807, 2.05) is 13.1 Å². The molecule has 0 spiro atoms. The lowest BCUT2D eigenvalue weighted by atomic mass is 9.98. The van der Waals surface area contributed by atoms with Crippen LogP contribution in [0.5, 0.6) is 5.75 Å². The van der Waals surface area contributed by atoms with Crippen LogP contribution in [0.25, 0.3) is 0 Å². The summed E-state index contributed by atoms with van der Waals surface area (Å²) in [7, 11) is 5.66. The standard InChI is InChI=1S/C26H38N8O2/c1-5-21-25(35)32(3)22-17-28-26(30-24(22)34(21)18-8-10-27-11-9-18)29-20-16-19(6-7-23(20)36-4)33-14-12-31(2)13-15-33/h6-7,16-18,21,27H,5,8-15H2,1-4H3,(H,28,29,30)/t21-/m1/s1. The number of amides is 1. The van der Waals surface area contributed by atoms with E-state index in [4.69, 9.17) is 9.72 Å². The number of hydrogen-bond donors (Lipinski definition) is 2. The number of likely N-dealkylation sites (N-methyl/N-ethyl adjacent to an activating group) is 2. The number of fused-ring (bicyclic) bond motifs is 1. The first-order chi connectivity index (χ1) is 17.5. The van der Waals surface area contributed by atoms with Gasteiger partial charge in [0, 0.05) is 45.0 Å². The SMILES string of the molecule is CC[C@@H]1C(=O)N(C)c2cnc(Nc3cc(N4CCN(C)CC4)ccc3OC)nc2N1C1CCNCC1. The summed E-state index contributed by atoms with van der Waals surface area (Å²) in [6.07, 6.45) is 4.47. The lowest BCUT2D eigenvalue weighted by Crippen LogP contribution is -2.58. The number of rotatable bonds is 6. The second kappa shape index (κ2) is 10.5. The number of nitrogens with one attached hydrogen (secondary N) is 2. The maximum Gasteiger partial charge on any atom is 0.249 e. The molecule has 0 saturated carbocycles. The maximum absolute atomic E-state index is 13.2. The summed E-state index contributed by atoms with van der Waals surface area (Å²) in [5, 5.41) is 6.85. The monoisotopic (exact) mass is 494 g/mol. The fourth-order valence-electron chi connectivity index (χ4n) is 5.52. The van der Waals surface area contributed by atoms with E-state index in [0.717, 1.165) is 87.2 Å². The second-order valence-corrected chi connectivity index (χ2v) is 9.91. The smallest absolute Gasteiger partial charge is 0.249 e. The van der Waals surface area contributed by atoms with Crippen LogP contribution in [0.15, 0.2) is 24.4 Å². The number of carbonyl (C=O) groups is 1. The fraction of sp³-hybridized carbons (Fsp3) is 0.577. The molecule has 3 aliphatic heterocycles. The van der Waals surface area contributed by atoms with Gasteiger partial charge in [-0.3, -0.25) is 4.79 Å². The van der Waals surface area contributed by atoms with Gasteiger partial charge in [-0.15, -0.1) is 0 Å². The predicted molar refractivity (Wildman–Crippen MR) is 144 cm³/mol. The molecule has 10 heteroatoms. The molecule has 1 aromatic heterocycles. The van der Waals surface area contributed by atoms with Crippen molar-refractivity contribution >= 4 is 34.7 Å². The molecular formula is C26H38N8O2. The average Bonchev–Trinajstić information content (AvgIpc) is 2.91. The summed E-state index contributed by atoms with van der Waals surface area (Å²) >= 11 is 0. The molecular weight excluding hydrogens is 456 g/mol. The molecule has 1 aromatic carbocycles. The molecule has 0 bridgehead atoms. The molecule has 1 amide bonds. The van der Waals surface area contributed by atoms with E-state index < -0.39 is 0 Å². The normalized spacial score (nSPS) is 21.5. The van der Waals surface area contributed by atoms with Crippen LogP contribution in [0.3, 0.4) is 0 Å². The van der Waals surface area contributed by atoms with Crippen molar-refractivity contribution in [2.45, 2.75) is 38.3 Å². The van der Waals surface area contributed by atoms with Gasteiger partial charge in [-0.05, 0) is 57.6 Å². The Bertz CT molecular complexity index is 1080. The number of piperazine rings is 1. The van der Waals surface area contributed by atoms with Gasteiger partial charge < -0.3 is 35.0 Å². The predicted octanol–water partition coefficient (Wildman–Crippen LogP) is 2.29. The highest BCUT2D eigenvalue weighted by atomic mass is 16.5. The molecule has 36 heavy (non-hydrogen) atoms. The summed E-state index contributed by atoms with van der Waals surface area (Å²) in [6, 6.07) is 6.26. The van der Waals surface area contributed by atoms with Gasteiger partial charge in [0.1, 0.15) is 17.5 Å². The third-order valence-electron chi connectivity index (χ3n) is 7.69. The number of benzene rings is 1. The van der Waals surface area contributed by atoms with Gasteiger partial charge in [-0.2, -0.15) is 4.98 Å². The van der Waals surface area contributed by atoms with Crippen LogP contribution in [0.2, 0.25) is 0 Å². The van der Waals surface area contributed by atoms with E-state index in [2.05, 4.69) is 56.4 Å². The van der Waals surface area contributed by atoms with Crippen molar-refractivity contribution < 1.29 is 9.53 Å². The Labute approximate surface area is 213 Å². The van der Waals surface area contributed by atoms with Crippen LogP contribution in [-0.2, 0) is 4.79 Å². The minimum atomic E-state index is -0.219. The number of hydrogen-bond acceptors (Lipinski definition) is 9. The first kappa shape index (κ1) is 24.6. The van der Waals surface area contributed by atoms with E-state index in [-0.39, 0.29) is 18.0 Å². The van der Waals surface area contributed by atoms with Crippen LogP contribution in [0.1, 0.15) is 26.2 Å². The van der Waals surface area contributed by atoms with Crippen LogP contribution in [0.4, 0.5) is 28.8 Å². The third-order valence-corrected chi connectivity index (χ3v) is 7.69. The van der Waals surface area contributed by atoms with Gasteiger partial charge in [-0.25, -0.2) is 4.98 Å². The van der Waals surface area contributed by atoms with E-state index in [1.165, 1.54) is 0 Å². The van der Waals surface area contributed by atoms with Crippen molar-refractivity contribution in [3.63, 3.8) is 0 Å². The zero-order valence-corrected chi connectivity index (χ0v) is 21.8. The van der Waals surface area contributed by atoms with Crippen molar-refractivity contribution in [2.75, 3.05) is 80.5 Å². The number of ether oxygens (including phenoxy) is 1. The van der Waals surface area contributed by atoms with E-state index >= 15 is 0 Å². The highest BCUT2D eigenvalue weighted by Crippen LogP contribution is 2.39. The Morgan fingerprint density at radius 1 is 1.14 bits per heavy atom. The van der Waals surface area contributed by atoms with Crippen molar-refractivity contribution in [1.82, 2.24) is 20.2 Å². The number of piperidine rings is 1. The molecule has 2 N–H and O–H groups in total. The Morgan fingerprint density at radius 3 is 2.58 bits per heavy atom. The van der Waals surface area contributed by atoms with E-state index in [0.29, 0.717) is 5.95 Å². The Morgan fingerprint density at radius 2 is 1.89 bits per heavy atom. The minimum Gasteiger partial charge on any atom is -0.495 e. The number of aromatic nitrogens is 2. The van der Waals surface area contributed by atoms with Crippen LogP contribution in [0, 0.1) is 0 Å². The number of carbonyl (C=O) groups excluding carboxylic acids is 1. The van der Waals surface area contributed by atoms with Crippen LogP contribution < -0.4 is 30.1 Å². The molecule has 2 fully saturated rings. The number of nitrogens with zero attached hydrogens (tertiary/aromatic N) is 6. The van der Waals surface area contributed by atoms with E-state index in [1.54, 1.807) is 18.2 Å². The quantitative estimate of drug-likeness (QED) is 0.628.